The quantitative estimate of drug-likeness (QED) is 0.236. The van der Waals surface area contributed by atoms with Gasteiger partial charge in [0.15, 0.2) is 0 Å². The number of rotatable bonds is 5. The molecule has 0 aliphatic carbocycles. The predicted molar refractivity (Wildman–Crippen MR) is 153 cm³/mol. The second-order valence-electron chi connectivity index (χ2n) is 8.72. The first-order chi connectivity index (χ1) is 17.6. The number of fused-ring (bicyclic) bond motifs is 1. The monoisotopic (exact) mass is 552 g/mol. The van der Waals surface area contributed by atoms with Crippen LogP contribution >= 0.6 is 27.5 Å². The molecule has 0 unspecified atom stereocenters. The average Bonchev–Trinajstić information content (AvgIpc) is 3.35. The van der Waals surface area contributed by atoms with Gasteiger partial charge in [0.1, 0.15) is 0 Å². The van der Waals surface area contributed by atoms with Crippen LogP contribution in [-0.4, -0.2) is 10.7 Å². The van der Waals surface area contributed by atoms with Crippen LogP contribution < -0.4 is 10.3 Å². The van der Waals surface area contributed by atoms with Crippen LogP contribution in [0.5, 0.6) is 0 Å². The molecular weight excluding hydrogens is 532 g/mol. The number of halogens is 2. The molecule has 1 aliphatic heterocycles. The van der Waals surface area contributed by atoms with Gasteiger partial charge in [0.25, 0.3) is 0 Å². The normalized spacial score (nSPS) is 15.2. The van der Waals surface area contributed by atoms with Crippen LogP contribution in [0.1, 0.15) is 23.6 Å². The summed E-state index contributed by atoms with van der Waals surface area (Å²) in [6, 6.07) is 35.2. The van der Waals surface area contributed by atoms with Crippen molar-refractivity contribution in [1.29, 1.82) is 0 Å². The Labute approximate surface area is 223 Å². The van der Waals surface area contributed by atoms with Crippen LogP contribution in [0.2, 0.25) is 5.02 Å². The van der Waals surface area contributed by atoms with Crippen LogP contribution in [-0.2, 0) is 0 Å². The minimum Gasteiger partial charge on any atom is -0.355 e. The number of anilines is 3. The van der Waals surface area contributed by atoms with Gasteiger partial charge >= 0.3 is 0 Å². The molecule has 5 aromatic rings. The fourth-order valence-electron chi connectivity index (χ4n) is 4.61. The average molecular weight is 554 g/mol. The molecule has 0 radical (unpaired) electrons. The summed E-state index contributed by atoms with van der Waals surface area (Å²) < 4.78 is 1.07. The molecule has 1 atom stereocenters. The fraction of sp³-hybridized carbons (Fsp3) is 0.0667. The smallest absolute Gasteiger partial charge is 0.0831 e. The standard InChI is InChI=1S/C30H22BrClN4/c31-22-11-9-20(10-12-22)30-19-28(35-36(30)25-7-2-1-3-8-25)21-5-4-6-24(17-21)34-27-15-16-33-29-18-23(32)13-14-26(27)29/h1-18,30H,19H2,(H,33,34)/t30-/m0/s1. The van der Waals surface area contributed by atoms with Crippen LogP contribution in [0.15, 0.2) is 119 Å². The van der Waals surface area contributed by atoms with E-state index in [-0.39, 0.29) is 6.04 Å². The largest absolute Gasteiger partial charge is 0.355 e. The molecule has 0 saturated carbocycles. The molecule has 4 aromatic carbocycles. The maximum Gasteiger partial charge on any atom is 0.0831 e. The van der Waals surface area contributed by atoms with Gasteiger partial charge in [0.05, 0.1) is 23.0 Å². The summed E-state index contributed by atoms with van der Waals surface area (Å²) in [6.07, 6.45) is 2.61. The molecule has 0 fully saturated rings. The fourth-order valence-corrected chi connectivity index (χ4v) is 5.04. The minimum atomic E-state index is 0.126. The lowest BCUT2D eigenvalue weighted by atomic mass is 9.98. The minimum absolute atomic E-state index is 0.126. The van der Waals surface area contributed by atoms with Crippen molar-refractivity contribution in [1.82, 2.24) is 4.98 Å². The summed E-state index contributed by atoms with van der Waals surface area (Å²) >= 11 is 9.72. The number of aromatic nitrogens is 1. The van der Waals surface area contributed by atoms with E-state index < -0.39 is 0 Å². The highest BCUT2D eigenvalue weighted by Gasteiger charge is 2.30. The van der Waals surface area contributed by atoms with E-state index in [1.54, 1.807) is 6.20 Å². The molecule has 0 saturated heterocycles. The van der Waals surface area contributed by atoms with E-state index in [9.17, 15) is 0 Å². The molecule has 36 heavy (non-hydrogen) atoms. The molecule has 1 aliphatic rings. The lowest BCUT2D eigenvalue weighted by Crippen LogP contribution is -2.18. The van der Waals surface area contributed by atoms with Gasteiger partial charge in [-0.25, -0.2) is 0 Å². The second kappa shape index (κ2) is 9.76. The summed E-state index contributed by atoms with van der Waals surface area (Å²) in [5.74, 6) is 0. The number of nitrogens with zero attached hydrogens (tertiary/aromatic N) is 3. The number of nitrogens with one attached hydrogen (secondary N) is 1. The Kier molecular flexibility index (Phi) is 6.18. The number of hydrogen-bond acceptors (Lipinski definition) is 4. The van der Waals surface area contributed by atoms with Crippen molar-refractivity contribution in [3.63, 3.8) is 0 Å². The van der Waals surface area contributed by atoms with Crippen LogP contribution in [0.3, 0.4) is 0 Å². The SMILES string of the molecule is Clc1ccc2c(Nc3cccc(C4=NN(c5ccccc5)[C@H](c5ccc(Br)cc5)C4)c3)ccnc2c1. The van der Waals surface area contributed by atoms with Gasteiger partial charge < -0.3 is 5.32 Å². The zero-order valence-electron chi connectivity index (χ0n) is 19.3. The Balaban J connectivity index is 1.33. The van der Waals surface area contributed by atoms with Crippen LogP contribution in [0, 0.1) is 0 Å². The lowest BCUT2D eigenvalue weighted by Gasteiger charge is -2.24. The van der Waals surface area contributed by atoms with E-state index in [1.807, 2.05) is 30.3 Å². The molecule has 2 heterocycles. The Morgan fingerprint density at radius 2 is 1.69 bits per heavy atom. The highest BCUT2D eigenvalue weighted by atomic mass is 79.9. The highest BCUT2D eigenvalue weighted by Crippen LogP contribution is 2.37. The van der Waals surface area contributed by atoms with Crippen molar-refractivity contribution < 1.29 is 0 Å². The van der Waals surface area contributed by atoms with Crippen molar-refractivity contribution >= 4 is 61.2 Å². The highest BCUT2D eigenvalue weighted by molar-refractivity contribution is 9.10. The first-order valence-electron chi connectivity index (χ1n) is 11.7. The maximum absolute atomic E-state index is 6.16. The Bertz CT molecular complexity index is 1570. The third kappa shape index (κ3) is 4.60. The van der Waals surface area contributed by atoms with Crippen LogP contribution in [0.4, 0.5) is 17.1 Å². The Hall–Kier alpha value is -3.67. The van der Waals surface area contributed by atoms with E-state index >= 15 is 0 Å². The van der Waals surface area contributed by atoms with Gasteiger partial charge in [-0.05, 0) is 71.8 Å². The topological polar surface area (TPSA) is 40.5 Å². The Morgan fingerprint density at radius 1 is 0.861 bits per heavy atom. The molecule has 1 N–H and O–H groups in total. The molecule has 6 rings (SSSR count). The van der Waals surface area contributed by atoms with Crippen molar-refractivity contribution in [2.24, 2.45) is 5.10 Å². The van der Waals surface area contributed by atoms with Gasteiger partial charge in [-0.3, -0.25) is 9.99 Å². The van der Waals surface area contributed by atoms with Gasteiger partial charge in [0.2, 0.25) is 0 Å². The molecule has 0 spiro atoms. The lowest BCUT2D eigenvalue weighted by molar-refractivity contribution is 0.709. The van der Waals surface area contributed by atoms with Gasteiger partial charge in [0, 0.05) is 38.9 Å². The summed E-state index contributed by atoms with van der Waals surface area (Å²) in [5, 5.41) is 12.5. The van der Waals surface area contributed by atoms with Crippen molar-refractivity contribution in [2.75, 3.05) is 10.3 Å². The molecule has 4 nitrogen and oxygen atoms in total. The second-order valence-corrected chi connectivity index (χ2v) is 10.1. The molecule has 0 amide bonds. The molecule has 0 bridgehead atoms. The predicted octanol–water partition coefficient (Wildman–Crippen LogP) is 8.75. The van der Waals surface area contributed by atoms with Gasteiger partial charge in [-0.1, -0.05) is 70.0 Å². The third-order valence-electron chi connectivity index (χ3n) is 6.37. The maximum atomic E-state index is 6.16. The van der Waals surface area contributed by atoms with Crippen LogP contribution in [0.25, 0.3) is 10.9 Å². The molecule has 176 valence electrons. The number of hydrazone groups is 1. The summed E-state index contributed by atoms with van der Waals surface area (Å²) in [6.45, 7) is 0. The summed E-state index contributed by atoms with van der Waals surface area (Å²) in [5.41, 5.74) is 7.31. The number of benzene rings is 4. The number of pyridine rings is 1. The van der Waals surface area contributed by atoms with Crippen molar-refractivity contribution in [3.05, 3.63) is 130 Å². The molecule has 1 aromatic heterocycles. The third-order valence-corrected chi connectivity index (χ3v) is 7.13. The zero-order valence-corrected chi connectivity index (χ0v) is 21.6. The number of hydrogen-bond donors (Lipinski definition) is 1. The van der Waals surface area contributed by atoms with E-state index in [0.29, 0.717) is 5.02 Å². The summed E-state index contributed by atoms with van der Waals surface area (Å²) in [4.78, 5) is 4.45. The Morgan fingerprint density at radius 3 is 2.53 bits per heavy atom. The van der Waals surface area contributed by atoms with E-state index in [1.165, 1.54) is 5.56 Å². The van der Waals surface area contributed by atoms with E-state index in [0.717, 1.165) is 50.1 Å². The summed E-state index contributed by atoms with van der Waals surface area (Å²) in [7, 11) is 0. The molecular formula is C30H22BrClN4. The first kappa shape index (κ1) is 22.8. The molecule has 6 heteroatoms. The van der Waals surface area contributed by atoms with E-state index in [2.05, 4.69) is 104 Å². The van der Waals surface area contributed by atoms with Crippen molar-refractivity contribution in [2.45, 2.75) is 12.5 Å². The zero-order chi connectivity index (χ0) is 24.5. The van der Waals surface area contributed by atoms with Gasteiger partial charge in [-0.15, -0.1) is 0 Å². The first-order valence-corrected chi connectivity index (χ1v) is 12.9. The van der Waals surface area contributed by atoms with Crippen molar-refractivity contribution in [3.8, 4) is 0 Å². The van der Waals surface area contributed by atoms with E-state index in [4.69, 9.17) is 16.7 Å². The van der Waals surface area contributed by atoms with Gasteiger partial charge in [-0.2, -0.15) is 5.10 Å². The number of para-hydroxylation sites is 1.